The lowest BCUT2D eigenvalue weighted by molar-refractivity contribution is -0.136. The molecule has 1 aromatic carbocycles. The number of piperidine rings is 1. The smallest absolute Gasteiger partial charge is 0.314 e. The molecular weight excluding hydrogens is 364 g/mol. The molecule has 1 aliphatic heterocycles. The van der Waals surface area contributed by atoms with E-state index < -0.39 is 11.8 Å². The highest BCUT2D eigenvalue weighted by atomic mass is 16.5. The van der Waals surface area contributed by atoms with E-state index in [1.165, 1.54) is 12.3 Å². The number of anilines is 1. The van der Waals surface area contributed by atoms with Gasteiger partial charge in [-0.05, 0) is 30.9 Å². The van der Waals surface area contributed by atoms with Crippen LogP contribution in [0.1, 0.15) is 12.8 Å². The number of nitrogens with one attached hydrogen (secondary N) is 2. The molecule has 1 aliphatic rings. The number of nitrogens with zero attached hydrogens (tertiary/aromatic N) is 2. The molecule has 2 aromatic rings. The second kappa shape index (κ2) is 9.54. The second-order valence-electron chi connectivity index (χ2n) is 6.47. The quantitative estimate of drug-likeness (QED) is 0.718. The number of hydrogen-bond donors (Lipinski definition) is 2. The molecule has 0 spiro atoms. The summed E-state index contributed by atoms with van der Waals surface area (Å²) in [5, 5.41) is 8.47. The Morgan fingerprint density at radius 3 is 2.54 bits per heavy atom. The lowest BCUT2D eigenvalue weighted by Gasteiger charge is -2.32. The minimum absolute atomic E-state index is 0.00757. The molecule has 0 aliphatic carbocycles. The highest BCUT2D eigenvalue weighted by molar-refractivity contribution is 6.39. The Labute approximate surface area is 162 Å². The van der Waals surface area contributed by atoms with Crippen molar-refractivity contribution in [2.45, 2.75) is 12.8 Å². The minimum atomic E-state index is -0.792. The van der Waals surface area contributed by atoms with Crippen LogP contribution in [0.15, 0.2) is 47.2 Å². The predicted octanol–water partition coefficient (Wildman–Crippen LogP) is 1.05. The van der Waals surface area contributed by atoms with Crippen molar-refractivity contribution in [3.63, 3.8) is 0 Å². The van der Waals surface area contributed by atoms with Crippen molar-refractivity contribution in [1.82, 2.24) is 15.4 Å². The van der Waals surface area contributed by atoms with Crippen molar-refractivity contribution < 1.29 is 23.6 Å². The van der Waals surface area contributed by atoms with Crippen molar-refractivity contribution in [3.8, 4) is 5.75 Å². The SMILES string of the molecule is O=C(NCC1CCN(C(=O)COc2ccccc2)CC1)C(=O)Nc1ccon1. The van der Waals surface area contributed by atoms with E-state index in [0.29, 0.717) is 25.4 Å². The van der Waals surface area contributed by atoms with Crippen LogP contribution in [-0.4, -0.2) is 54.0 Å². The third-order valence-corrected chi connectivity index (χ3v) is 4.51. The van der Waals surface area contributed by atoms with Crippen LogP contribution < -0.4 is 15.4 Å². The molecule has 9 heteroatoms. The zero-order valence-corrected chi connectivity index (χ0v) is 15.3. The Balaban J connectivity index is 1.34. The van der Waals surface area contributed by atoms with E-state index >= 15 is 0 Å². The standard InChI is InChI=1S/C19H22N4O5/c24-17(13-27-15-4-2-1-3-5-15)23-9-6-14(7-10-23)12-20-18(25)19(26)21-16-8-11-28-22-16/h1-5,8,11,14H,6-7,9-10,12-13H2,(H,20,25)(H,21,22,26). The van der Waals surface area contributed by atoms with Gasteiger partial charge in [-0.3, -0.25) is 19.7 Å². The number of amides is 3. The number of ether oxygens (including phenoxy) is 1. The van der Waals surface area contributed by atoms with E-state index in [2.05, 4.69) is 20.3 Å². The molecule has 1 fully saturated rings. The Morgan fingerprint density at radius 1 is 1.11 bits per heavy atom. The summed E-state index contributed by atoms with van der Waals surface area (Å²) >= 11 is 0. The largest absolute Gasteiger partial charge is 0.484 e. The van der Waals surface area contributed by atoms with Gasteiger partial charge in [0.25, 0.3) is 5.91 Å². The fourth-order valence-electron chi connectivity index (χ4n) is 2.91. The van der Waals surface area contributed by atoms with Crippen LogP contribution in [0.3, 0.4) is 0 Å². The van der Waals surface area contributed by atoms with Crippen molar-refractivity contribution in [2.24, 2.45) is 5.92 Å². The van der Waals surface area contributed by atoms with E-state index in [1.54, 1.807) is 17.0 Å². The van der Waals surface area contributed by atoms with Gasteiger partial charge in [0.05, 0.1) is 0 Å². The topological polar surface area (TPSA) is 114 Å². The Hall–Kier alpha value is -3.36. The number of carbonyl (C=O) groups excluding carboxylic acids is 3. The van der Waals surface area contributed by atoms with Crippen LogP contribution in [-0.2, 0) is 14.4 Å². The summed E-state index contributed by atoms with van der Waals surface area (Å²) in [5.74, 6) is -0.513. The summed E-state index contributed by atoms with van der Waals surface area (Å²) in [6.45, 7) is 1.59. The highest BCUT2D eigenvalue weighted by Gasteiger charge is 2.24. The Kier molecular flexibility index (Phi) is 6.61. The van der Waals surface area contributed by atoms with Gasteiger partial charge in [0.15, 0.2) is 12.4 Å². The van der Waals surface area contributed by atoms with Gasteiger partial charge >= 0.3 is 11.8 Å². The molecule has 28 heavy (non-hydrogen) atoms. The van der Waals surface area contributed by atoms with Crippen molar-refractivity contribution in [1.29, 1.82) is 0 Å². The molecule has 1 saturated heterocycles. The van der Waals surface area contributed by atoms with E-state index in [1.807, 2.05) is 18.2 Å². The molecule has 148 valence electrons. The first kappa shape index (κ1) is 19.4. The summed E-state index contributed by atoms with van der Waals surface area (Å²) < 4.78 is 10.1. The maximum absolute atomic E-state index is 12.2. The molecule has 0 atom stereocenters. The van der Waals surface area contributed by atoms with Gasteiger partial charge in [0, 0.05) is 25.7 Å². The molecule has 0 bridgehead atoms. The molecule has 2 heterocycles. The number of carbonyl (C=O) groups is 3. The number of rotatable bonds is 6. The van der Waals surface area contributed by atoms with Crippen LogP contribution in [0, 0.1) is 5.92 Å². The first-order chi connectivity index (χ1) is 13.6. The normalized spacial score (nSPS) is 14.4. The summed E-state index contributed by atoms with van der Waals surface area (Å²) in [5.41, 5.74) is 0. The van der Waals surface area contributed by atoms with Gasteiger partial charge in [-0.25, -0.2) is 0 Å². The van der Waals surface area contributed by atoms with Crippen LogP contribution >= 0.6 is 0 Å². The summed E-state index contributed by atoms with van der Waals surface area (Å²) in [6.07, 6.45) is 2.80. The number of para-hydroxylation sites is 1. The van der Waals surface area contributed by atoms with Gasteiger partial charge in [-0.15, -0.1) is 0 Å². The minimum Gasteiger partial charge on any atom is -0.484 e. The summed E-state index contributed by atoms with van der Waals surface area (Å²) in [6, 6.07) is 10.6. The zero-order chi connectivity index (χ0) is 19.8. The van der Waals surface area contributed by atoms with Gasteiger partial charge in [0.2, 0.25) is 0 Å². The second-order valence-corrected chi connectivity index (χ2v) is 6.47. The molecule has 2 N–H and O–H groups in total. The molecule has 0 radical (unpaired) electrons. The lowest BCUT2D eigenvalue weighted by Crippen LogP contribution is -2.44. The number of likely N-dealkylation sites (tertiary alicyclic amines) is 1. The first-order valence-electron chi connectivity index (χ1n) is 9.07. The summed E-state index contributed by atoms with van der Waals surface area (Å²) in [4.78, 5) is 37.6. The van der Waals surface area contributed by atoms with Crippen molar-refractivity contribution >= 4 is 23.5 Å². The molecular formula is C19H22N4O5. The van der Waals surface area contributed by atoms with E-state index in [9.17, 15) is 14.4 Å². The van der Waals surface area contributed by atoms with Gasteiger partial charge in [-0.2, -0.15) is 0 Å². The van der Waals surface area contributed by atoms with E-state index in [0.717, 1.165) is 12.8 Å². The third kappa shape index (κ3) is 5.57. The lowest BCUT2D eigenvalue weighted by atomic mass is 9.97. The molecule has 1 aromatic heterocycles. The van der Waals surface area contributed by atoms with Crippen LogP contribution in [0.2, 0.25) is 0 Å². The predicted molar refractivity (Wildman–Crippen MR) is 99.4 cm³/mol. The van der Waals surface area contributed by atoms with Gasteiger partial charge < -0.3 is 19.5 Å². The highest BCUT2D eigenvalue weighted by Crippen LogP contribution is 2.17. The van der Waals surface area contributed by atoms with Crippen molar-refractivity contribution in [2.75, 3.05) is 31.6 Å². The fraction of sp³-hybridized carbons (Fsp3) is 0.368. The zero-order valence-electron chi connectivity index (χ0n) is 15.3. The molecule has 3 amide bonds. The van der Waals surface area contributed by atoms with Crippen LogP contribution in [0.25, 0.3) is 0 Å². The maximum Gasteiger partial charge on any atom is 0.314 e. The van der Waals surface area contributed by atoms with Gasteiger partial charge in [0.1, 0.15) is 12.0 Å². The maximum atomic E-state index is 12.2. The average Bonchev–Trinajstić information content (AvgIpc) is 3.24. The monoisotopic (exact) mass is 386 g/mol. The van der Waals surface area contributed by atoms with Gasteiger partial charge in [-0.1, -0.05) is 23.4 Å². The fourth-order valence-corrected chi connectivity index (χ4v) is 2.91. The molecule has 9 nitrogen and oxygen atoms in total. The number of benzene rings is 1. The number of aromatic nitrogens is 1. The van der Waals surface area contributed by atoms with E-state index in [4.69, 9.17) is 4.74 Å². The molecule has 0 unspecified atom stereocenters. The van der Waals surface area contributed by atoms with Crippen LogP contribution in [0.4, 0.5) is 5.82 Å². The molecule has 0 saturated carbocycles. The Bertz CT molecular complexity index is 786. The first-order valence-corrected chi connectivity index (χ1v) is 9.07. The number of hydrogen-bond acceptors (Lipinski definition) is 6. The summed E-state index contributed by atoms with van der Waals surface area (Å²) in [7, 11) is 0. The Morgan fingerprint density at radius 2 is 1.86 bits per heavy atom. The van der Waals surface area contributed by atoms with Crippen molar-refractivity contribution in [3.05, 3.63) is 42.7 Å². The van der Waals surface area contributed by atoms with Crippen LogP contribution in [0.5, 0.6) is 5.75 Å². The molecule has 3 rings (SSSR count). The third-order valence-electron chi connectivity index (χ3n) is 4.51. The van der Waals surface area contributed by atoms with E-state index in [-0.39, 0.29) is 24.2 Å². The average molecular weight is 386 g/mol.